The Balaban J connectivity index is 0.000000249. The highest BCUT2D eigenvalue weighted by molar-refractivity contribution is 5.75. The van der Waals surface area contributed by atoms with Crippen LogP contribution in [0, 0.1) is 0 Å². The molecule has 0 N–H and O–H groups in total. The maximum atomic E-state index is 1.50. The molecule has 3 rings (SSSR count). The summed E-state index contributed by atoms with van der Waals surface area (Å²) in [5.74, 6) is 0. The normalized spacial score (nSPS) is 22.7. The molecule has 0 spiro atoms. The van der Waals surface area contributed by atoms with Crippen molar-refractivity contribution in [2.24, 2.45) is 0 Å². The van der Waals surface area contributed by atoms with Crippen LogP contribution in [0.25, 0.3) is 0 Å². The first-order chi connectivity index (χ1) is 9.00. The molecule has 3 aliphatic carbocycles. The molecule has 0 saturated heterocycles. The molecule has 0 unspecified atom stereocenters. The second-order valence-corrected chi connectivity index (χ2v) is 6.36. The summed E-state index contributed by atoms with van der Waals surface area (Å²) < 4.78 is 0. The van der Waals surface area contributed by atoms with Crippen molar-refractivity contribution < 1.29 is 0 Å². The molecule has 0 aromatic rings. The van der Waals surface area contributed by atoms with Gasteiger partial charge >= 0.3 is 0 Å². The van der Waals surface area contributed by atoms with Crippen molar-refractivity contribution in [3.05, 3.63) is 0 Å². The third-order valence-corrected chi connectivity index (χ3v) is 4.50. The lowest BCUT2D eigenvalue weighted by Crippen LogP contribution is -1.85. The van der Waals surface area contributed by atoms with Gasteiger partial charge in [0.25, 0.3) is 0 Å². The zero-order chi connectivity index (χ0) is 12.7. The first-order valence-corrected chi connectivity index (χ1v) is 9.00. The summed E-state index contributed by atoms with van der Waals surface area (Å²) in [7, 11) is 0. The second-order valence-electron chi connectivity index (χ2n) is 6.36. The molecule has 0 nitrogen and oxygen atoms in total. The van der Waals surface area contributed by atoms with Gasteiger partial charge in [-0.15, -0.1) is 0 Å². The minimum absolute atomic E-state index is 0. The highest BCUT2D eigenvalue weighted by Gasteiger charge is 1.96. The van der Waals surface area contributed by atoms with Gasteiger partial charge in [0, 0.05) is 8.41 Å². The zero-order valence-electron chi connectivity index (χ0n) is 13.3. The van der Waals surface area contributed by atoms with Gasteiger partial charge in [0.15, 0.2) is 0 Å². The van der Waals surface area contributed by atoms with Crippen LogP contribution < -0.4 is 0 Å². The third kappa shape index (κ3) is 14.3. The van der Waals surface area contributed by atoms with Crippen LogP contribution in [-0.4, -0.2) is 8.41 Å². The van der Waals surface area contributed by atoms with E-state index < -0.39 is 0 Å². The third-order valence-electron chi connectivity index (χ3n) is 4.50. The molecular formula is C18H36B. The lowest BCUT2D eigenvalue weighted by atomic mass is 10.0. The van der Waals surface area contributed by atoms with Crippen molar-refractivity contribution in [2.75, 3.05) is 0 Å². The zero-order valence-corrected chi connectivity index (χ0v) is 13.3. The topological polar surface area (TPSA) is 0 Å². The molecule has 0 aromatic heterocycles. The van der Waals surface area contributed by atoms with Gasteiger partial charge in [0.2, 0.25) is 0 Å². The van der Waals surface area contributed by atoms with Crippen LogP contribution in [0.1, 0.15) is 116 Å². The fourth-order valence-corrected chi connectivity index (χ4v) is 3.18. The molecular weight excluding hydrogens is 227 g/mol. The van der Waals surface area contributed by atoms with Gasteiger partial charge in [-0.2, -0.15) is 0 Å². The fraction of sp³-hybridized carbons (Fsp3) is 1.00. The van der Waals surface area contributed by atoms with Crippen molar-refractivity contribution in [1.29, 1.82) is 0 Å². The minimum atomic E-state index is 0. The molecule has 0 aliphatic heterocycles. The maximum Gasteiger partial charge on any atom is 0 e. The number of hydrogen-bond donors (Lipinski definition) is 0. The van der Waals surface area contributed by atoms with Crippen molar-refractivity contribution in [1.82, 2.24) is 0 Å². The van der Waals surface area contributed by atoms with Crippen LogP contribution in [-0.2, 0) is 0 Å². The summed E-state index contributed by atoms with van der Waals surface area (Å²) in [4.78, 5) is 0. The lowest BCUT2D eigenvalue weighted by molar-refractivity contribution is 0.504. The van der Waals surface area contributed by atoms with Gasteiger partial charge in [-0.25, -0.2) is 0 Å². The first kappa shape index (κ1) is 19.1. The van der Waals surface area contributed by atoms with E-state index in [1.54, 1.807) is 0 Å². The van der Waals surface area contributed by atoms with E-state index in [1.165, 1.54) is 116 Å². The standard InChI is InChI=1S/3C6H12.B/c3*1-2-4-6-5-3-1;/h3*1-6H2;. The highest BCUT2D eigenvalue weighted by atomic mass is 14.0. The largest absolute Gasteiger partial charge is 0.0533 e. The van der Waals surface area contributed by atoms with Gasteiger partial charge in [0.05, 0.1) is 0 Å². The molecule has 0 heterocycles. The van der Waals surface area contributed by atoms with Gasteiger partial charge in [-0.05, 0) is 0 Å². The first-order valence-electron chi connectivity index (χ1n) is 9.00. The molecule has 3 radical (unpaired) electrons. The van der Waals surface area contributed by atoms with Crippen molar-refractivity contribution in [3.8, 4) is 0 Å². The molecule has 1 heteroatoms. The van der Waals surface area contributed by atoms with Gasteiger partial charge in [-0.1, -0.05) is 116 Å². The lowest BCUT2D eigenvalue weighted by Gasteiger charge is -2.05. The van der Waals surface area contributed by atoms with E-state index in [0.717, 1.165) is 0 Å². The molecule has 3 saturated carbocycles. The molecule has 0 aromatic carbocycles. The van der Waals surface area contributed by atoms with E-state index in [2.05, 4.69) is 0 Å². The number of hydrogen-bond acceptors (Lipinski definition) is 0. The molecule has 0 amide bonds. The Morgan fingerprint density at radius 2 is 0.211 bits per heavy atom. The van der Waals surface area contributed by atoms with Crippen LogP contribution in [0.3, 0.4) is 0 Å². The summed E-state index contributed by atoms with van der Waals surface area (Å²) in [6.45, 7) is 0. The summed E-state index contributed by atoms with van der Waals surface area (Å²) in [6.07, 6.45) is 27.0. The average Bonchev–Trinajstić information content (AvgIpc) is 2.54. The van der Waals surface area contributed by atoms with Crippen LogP contribution >= 0.6 is 0 Å². The van der Waals surface area contributed by atoms with Gasteiger partial charge < -0.3 is 0 Å². The Hall–Kier alpha value is 0.0649. The Bertz CT molecular complexity index is 80.7. The SMILES string of the molecule is C1CCCCC1.C1CCCCC1.C1CCCCC1.[B]. The Morgan fingerprint density at radius 3 is 0.263 bits per heavy atom. The van der Waals surface area contributed by atoms with E-state index in [4.69, 9.17) is 0 Å². The molecule has 0 bridgehead atoms. The van der Waals surface area contributed by atoms with Crippen LogP contribution in [0.15, 0.2) is 0 Å². The minimum Gasteiger partial charge on any atom is -0.0533 e. The summed E-state index contributed by atoms with van der Waals surface area (Å²) in [6, 6.07) is 0. The average molecular weight is 263 g/mol. The highest BCUT2D eigenvalue weighted by Crippen LogP contribution is 2.16. The van der Waals surface area contributed by atoms with Crippen LogP contribution in [0.2, 0.25) is 0 Å². The molecule has 19 heavy (non-hydrogen) atoms. The number of rotatable bonds is 0. The van der Waals surface area contributed by atoms with Crippen molar-refractivity contribution >= 4 is 8.41 Å². The van der Waals surface area contributed by atoms with Crippen molar-refractivity contribution in [3.63, 3.8) is 0 Å². The predicted octanol–water partition coefficient (Wildman–Crippen LogP) is 6.64. The van der Waals surface area contributed by atoms with Crippen LogP contribution in [0.5, 0.6) is 0 Å². The molecule has 111 valence electrons. The Labute approximate surface area is 124 Å². The van der Waals surface area contributed by atoms with Crippen LogP contribution in [0.4, 0.5) is 0 Å². The Morgan fingerprint density at radius 1 is 0.158 bits per heavy atom. The fourth-order valence-electron chi connectivity index (χ4n) is 3.18. The maximum absolute atomic E-state index is 1.50. The molecule has 3 fully saturated rings. The molecule has 3 aliphatic rings. The van der Waals surface area contributed by atoms with Gasteiger partial charge in [0.1, 0.15) is 0 Å². The second kappa shape index (κ2) is 16.1. The summed E-state index contributed by atoms with van der Waals surface area (Å²) in [5, 5.41) is 0. The quantitative estimate of drug-likeness (QED) is 0.430. The van der Waals surface area contributed by atoms with E-state index in [9.17, 15) is 0 Å². The Kier molecular flexibility index (Phi) is 16.2. The monoisotopic (exact) mass is 263 g/mol. The van der Waals surface area contributed by atoms with E-state index in [1.807, 2.05) is 0 Å². The summed E-state index contributed by atoms with van der Waals surface area (Å²) >= 11 is 0. The van der Waals surface area contributed by atoms with E-state index in [0.29, 0.717) is 0 Å². The van der Waals surface area contributed by atoms with Crippen molar-refractivity contribution in [2.45, 2.75) is 116 Å². The predicted molar refractivity (Wildman–Crippen MR) is 88.9 cm³/mol. The summed E-state index contributed by atoms with van der Waals surface area (Å²) in [5.41, 5.74) is 0. The van der Waals surface area contributed by atoms with E-state index in [-0.39, 0.29) is 8.41 Å². The molecule has 0 atom stereocenters. The smallest absolute Gasteiger partial charge is 0 e. The van der Waals surface area contributed by atoms with E-state index >= 15 is 0 Å². The van der Waals surface area contributed by atoms with Gasteiger partial charge in [-0.3, -0.25) is 0 Å².